The monoisotopic (exact) mass is 389 g/mol. The summed E-state index contributed by atoms with van der Waals surface area (Å²) in [5.74, 6) is -0.301. The first-order valence-electron chi connectivity index (χ1n) is 5.67. The molecule has 0 fully saturated rings. The number of rotatable bonds is 4. The molecular formula is C14H10F2INO2. The molecule has 20 heavy (non-hydrogen) atoms. The maximum absolute atomic E-state index is 12.1. The predicted octanol–water partition coefficient (Wildman–Crippen LogP) is 4.14. The van der Waals surface area contributed by atoms with Gasteiger partial charge in [0.25, 0.3) is 5.91 Å². The molecule has 0 saturated carbocycles. The van der Waals surface area contributed by atoms with Crippen molar-refractivity contribution in [2.24, 2.45) is 0 Å². The number of halogens is 3. The van der Waals surface area contributed by atoms with Gasteiger partial charge in [-0.15, -0.1) is 0 Å². The van der Waals surface area contributed by atoms with Crippen LogP contribution in [-0.2, 0) is 0 Å². The van der Waals surface area contributed by atoms with Gasteiger partial charge in [-0.05, 0) is 46.9 Å². The van der Waals surface area contributed by atoms with Crippen molar-refractivity contribution in [2.45, 2.75) is 6.61 Å². The fourth-order valence-electron chi connectivity index (χ4n) is 1.59. The van der Waals surface area contributed by atoms with E-state index in [4.69, 9.17) is 0 Å². The molecule has 0 saturated heterocycles. The second-order valence-corrected chi connectivity index (χ2v) is 5.00. The lowest BCUT2D eigenvalue weighted by atomic mass is 10.2. The first-order valence-corrected chi connectivity index (χ1v) is 6.75. The number of carbonyl (C=O) groups excluding carboxylic acids is 1. The average Bonchev–Trinajstić information content (AvgIpc) is 2.38. The molecule has 0 aromatic heterocycles. The summed E-state index contributed by atoms with van der Waals surface area (Å²) >= 11 is 2.06. The molecule has 0 spiro atoms. The van der Waals surface area contributed by atoms with Gasteiger partial charge in [-0.25, -0.2) is 0 Å². The van der Waals surface area contributed by atoms with Crippen LogP contribution < -0.4 is 10.1 Å². The molecule has 0 heterocycles. The minimum Gasteiger partial charge on any atom is -0.435 e. The van der Waals surface area contributed by atoms with Crippen LogP contribution in [0.25, 0.3) is 0 Å². The fraction of sp³-hybridized carbons (Fsp3) is 0.0714. The van der Waals surface area contributed by atoms with Crippen LogP contribution in [0.15, 0.2) is 48.5 Å². The molecule has 0 bridgehead atoms. The Bertz CT molecular complexity index is 620. The molecule has 0 radical (unpaired) electrons. The van der Waals surface area contributed by atoms with Crippen molar-refractivity contribution >= 4 is 34.2 Å². The van der Waals surface area contributed by atoms with Crippen molar-refractivity contribution in [3.8, 4) is 5.75 Å². The van der Waals surface area contributed by atoms with Crippen LogP contribution in [0.4, 0.5) is 14.5 Å². The van der Waals surface area contributed by atoms with Crippen LogP contribution in [0.3, 0.4) is 0 Å². The highest BCUT2D eigenvalue weighted by Gasteiger charge is 2.10. The summed E-state index contributed by atoms with van der Waals surface area (Å²) in [6, 6.07) is 13.0. The van der Waals surface area contributed by atoms with Crippen molar-refractivity contribution in [3.05, 3.63) is 57.7 Å². The smallest absolute Gasteiger partial charge is 0.387 e. The Morgan fingerprint density at radius 2 is 1.90 bits per heavy atom. The third kappa shape index (κ3) is 3.89. The number of ether oxygens (including phenoxy) is 1. The van der Waals surface area contributed by atoms with E-state index in [1.54, 1.807) is 18.2 Å². The average molecular weight is 389 g/mol. The first kappa shape index (κ1) is 14.7. The van der Waals surface area contributed by atoms with Gasteiger partial charge in [0.15, 0.2) is 0 Å². The van der Waals surface area contributed by atoms with Gasteiger partial charge in [0.05, 0.1) is 5.56 Å². The third-order valence-corrected chi connectivity index (χ3v) is 3.38. The minimum absolute atomic E-state index is 0.000517. The van der Waals surface area contributed by atoms with E-state index in [1.165, 1.54) is 18.2 Å². The van der Waals surface area contributed by atoms with Gasteiger partial charge < -0.3 is 10.1 Å². The van der Waals surface area contributed by atoms with E-state index >= 15 is 0 Å². The summed E-state index contributed by atoms with van der Waals surface area (Å²) in [5, 5.41) is 2.64. The van der Waals surface area contributed by atoms with E-state index in [9.17, 15) is 13.6 Å². The number of amides is 1. The summed E-state index contributed by atoms with van der Waals surface area (Å²) < 4.78 is 29.3. The van der Waals surface area contributed by atoms with Gasteiger partial charge in [-0.2, -0.15) is 8.78 Å². The molecule has 104 valence electrons. The predicted molar refractivity (Wildman–Crippen MR) is 80.2 cm³/mol. The van der Waals surface area contributed by atoms with Crippen molar-refractivity contribution in [1.82, 2.24) is 0 Å². The van der Waals surface area contributed by atoms with Gasteiger partial charge in [-0.3, -0.25) is 4.79 Å². The molecule has 2 rings (SSSR count). The van der Waals surface area contributed by atoms with Gasteiger partial charge >= 0.3 is 6.61 Å². The van der Waals surface area contributed by atoms with Crippen molar-refractivity contribution in [2.75, 3.05) is 5.32 Å². The summed E-state index contributed by atoms with van der Waals surface area (Å²) in [6.07, 6.45) is 0. The number of anilines is 1. The normalized spacial score (nSPS) is 10.4. The number of hydrogen-bond donors (Lipinski definition) is 1. The SMILES string of the molecule is O=C(Nc1cccc(OC(F)F)c1)c1ccccc1I. The van der Waals surface area contributed by atoms with Crippen LogP contribution in [-0.4, -0.2) is 12.5 Å². The van der Waals surface area contributed by atoms with E-state index in [-0.39, 0.29) is 11.7 Å². The van der Waals surface area contributed by atoms with Crippen LogP contribution in [0.5, 0.6) is 5.75 Å². The summed E-state index contributed by atoms with van der Waals surface area (Å²) in [7, 11) is 0. The fourth-order valence-corrected chi connectivity index (χ4v) is 2.23. The Balaban J connectivity index is 2.14. The van der Waals surface area contributed by atoms with Gasteiger partial charge in [0, 0.05) is 15.3 Å². The zero-order chi connectivity index (χ0) is 14.5. The Labute approximate surface area is 128 Å². The van der Waals surface area contributed by atoms with Gasteiger partial charge in [-0.1, -0.05) is 18.2 Å². The minimum atomic E-state index is -2.89. The Morgan fingerprint density at radius 3 is 2.60 bits per heavy atom. The topological polar surface area (TPSA) is 38.3 Å². The second kappa shape index (κ2) is 6.65. The lowest BCUT2D eigenvalue weighted by Gasteiger charge is -2.09. The molecule has 0 aliphatic heterocycles. The maximum Gasteiger partial charge on any atom is 0.387 e. The standard InChI is InChI=1S/C14H10F2INO2/c15-14(16)20-10-5-3-4-9(8-10)18-13(19)11-6-1-2-7-12(11)17/h1-8,14H,(H,18,19). The zero-order valence-corrected chi connectivity index (χ0v) is 12.3. The highest BCUT2D eigenvalue weighted by atomic mass is 127. The summed E-state index contributed by atoms with van der Waals surface area (Å²) in [5.41, 5.74) is 0.918. The van der Waals surface area contributed by atoms with E-state index < -0.39 is 6.61 Å². The van der Waals surface area contributed by atoms with E-state index in [2.05, 4.69) is 32.6 Å². The molecule has 3 nitrogen and oxygen atoms in total. The van der Waals surface area contributed by atoms with Gasteiger partial charge in [0.2, 0.25) is 0 Å². The summed E-state index contributed by atoms with van der Waals surface area (Å²) in [6.45, 7) is -2.89. The molecule has 6 heteroatoms. The zero-order valence-electron chi connectivity index (χ0n) is 10.1. The number of alkyl halides is 2. The molecule has 2 aromatic rings. The Hall–Kier alpha value is -1.70. The van der Waals surface area contributed by atoms with Crippen LogP contribution in [0.1, 0.15) is 10.4 Å². The molecule has 0 unspecified atom stereocenters. The largest absolute Gasteiger partial charge is 0.435 e. The Kier molecular flexibility index (Phi) is 4.89. The number of benzene rings is 2. The first-order chi connectivity index (χ1) is 9.56. The molecule has 0 atom stereocenters. The highest BCUT2D eigenvalue weighted by molar-refractivity contribution is 14.1. The van der Waals surface area contributed by atoms with Crippen molar-refractivity contribution in [3.63, 3.8) is 0 Å². The highest BCUT2D eigenvalue weighted by Crippen LogP contribution is 2.20. The molecular weight excluding hydrogens is 379 g/mol. The number of carbonyl (C=O) groups is 1. The second-order valence-electron chi connectivity index (χ2n) is 3.84. The van der Waals surface area contributed by atoms with Crippen molar-refractivity contribution in [1.29, 1.82) is 0 Å². The van der Waals surface area contributed by atoms with E-state index in [1.807, 2.05) is 12.1 Å². The van der Waals surface area contributed by atoms with Crippen molar-refractivity contribution < 1.29 is 18.3 Å². The third-order valence-electron chi connectivity index (χ3n) is 2.44. The van der Waals surface area contributed by atoms with E-state index in [0.717, 1.165) is 3.57 Å². The van der Waals surface area contributed by atoms with Gasteiger partial charge in [0.1, 0.15) is 5.75 Å². The molecule has 0 aliphatic carbocycles. The van der Waals surface area contributed by atoms with Crippen LogP contribution in [0.2, 0.25) is 0 Å². The van der Waals surface area contributed by atoms with Crippen LogP contribution >= 0.6 is 22.6 Å². The van der Waals surface area contributed by atoms with E-state index in [0.29, 0.717) is 11.3 Å². The Morgan fingerprint density at radius 1 is 1.15 bits per heavy atom. The number of nitrogens with one attached hydrogen (secondary N) is 1. The molecule has 2 aromatic carbocycles. The number of hydrogen-bond acceptors (Lipinski definition) is 2. The molecule has 0 aliphatic rings. The van der Waals surface area contributed by atoms with Crippen LogP contribution in [0, 0.1) is 3.57 Å². The quantitative estimate of drug-likeness (QED) is 0.799. The lowest BCUT2D eigenvalue weighted by molar-refractivity contribution is -0.0497. The summed E-state index contributed by atoms with van der Waals surface area (Å²) in [4.78, 5) is 12.1. The lowest BCUT2D eigenvalue weighted by Crippen LogP contribution is -2.13. The molecule has 1 amide bonds. The maximum atomic E-state index is 12.1. The molecule has 1 N–H and O–H groups in total.